The zero-order chi connectivity index (χ0) is 20.2. The van der Waals surface area contributed by atoms with Crippen LogP contribution in [0.25, 0.3) is 22.7 Å². The summed E-state index contributed by atoms with van der Waals surface area (Å²) in [6.45, 7) is 6.50. The lowest BCUT2D eigenvalue weighted by molar-refractivity contribution is -0.920. The van der Waals surface area contributed by atoms with Gasteiger partial charge in [-0.25, -0.2) is 0 Å². The van der Waals surface area contributed by atoms with E-state index in [1.807, 2.05) is 44.2 Å². The summed E-state index contributed by atoms with van der Waals surface area (Å²) < 4.78 is 16.5. The number of quaternary nitrogens is 1. The summed E-state index contributed by atoms with van der Waals surface area (Å²) in [5.74, 6) is 1.55. The van der Waals surface area contributed by atoms with Crippen LogP contribution in [0.15, 0.2) is 39.3 Å². The van der Waals surface area contributed by atoms with Gasteiger partial charge in [-0.05, 0) is 13.8 Å². The summed E-state index contributed by atoms with van der Waals surface area (Å²) in [6.07, 6.45) is 1.64. The first kappa shape index (κ1) is 19.3. The minimum Gasteiger partial charge on any atom is -0.466 e. The summed E-state index contributed by atoms with van der Waals surface area (Å²) in [6, 6.07) is 9.79. The van der Waals surface area contributed by atoms with Crippen LogP contribution in [0.4, 0.5) is 0 Å². The van der Waals surface area contributed by atoms with Gasteiger partial charge in [-0.2, -0.15) is 0 Å². The number of benzene rings is 1. The number of rotatable bonds is 6. The summed E-state index contributed by atoms with van der Waals surface area (Å²) >= 11 is 0. The fourth-order valence-corrected chi connectivity index (χ4v) is 3.76. The monoisotopic (exact) mass is 397 g/mol. The molecule has 0 radical (unpaired) electrons. The molecular formula is C21H25N4O4+. The van der Waals surface area contributed by atoms with Crippen LogP contribution in [0.3, 0.4) is 0 Å². The minimum absolute atomic E-state index is 0.00466. The fourth-order valence-electron chi connectivity index (χ4n) is 3.76. The zero-order valence-corrected chi connectivity index (χ0v) is 16.7. The first-order chi connectivity index (χ1) is 14.2. The van der Waals surface area contributed by atoms with Gasteiger partial charge in [-0.15, -0.1) is 10.2 Å². The van der Waals surface area contributed by atoms with Gasteiger partial charge in [0.2, 0.25) is 0 Å². The average molecular weight is 397 g/mol. The topological polar surface area (TPSA) is 95.7 Å². The molecule has 3 heterocycles. The molecule has 0 aliphatic carbocycles. The standard InChI is InChI=1S/C21H24N4O4/c1-3-27-21(26)16-9-11-25(12-10-16)13-17-22-23-20(28-17)18-14(2)29-24-19(18)15-7-5-4-6-8-15/h4-8,16H,3,9-13H2,1-2H3/p+1. The molecule has 1 aliphatic heterocycles. The highest BCUT2D eigenvalue weighted by Crippen LogP contribution is 2.33. The van der Waals surface area contributed by atoms with Gasteiger partial charge in [0.15, 0.2) is 6.54 Å². The van der Waals surface area contributed by atoms with E-state index < -0.39 is 0 Å². The predicted molar refractivity (Wildman–Crippen MR) is 104 cm³/mol. The lowest BCUT2D eigenvalue weighted by Gasteiger charge is -2.27. The molecule has 8 nitrogen and oxygen atoms in total. The quantitative estimate of drug-likeness (QED) is 0.636. The predicted octanol–water partition coefficient (Wildman–Crippen LogP) is 2.06. The SMILES string of the molecule is CCOC(=O)C1CC[NH+](Cc2nnc(-c3c(-c4ccccc4)noc3C)o2)CC1. The van der Waals surface area contributed by atoms with Crippen LogP contribution in [-0.4, -0.2) is 41.0 Å². The molecule has 0 spiro atoms. The molecule has 2 aromatic heterocycles. The second-order valence-corrected chi connectivity index (χ2v) is 7.28. The molecule has 0 bridgehead atoms. The molecule has 1 fully saturated rings. The van der Waals surface area contributed by atoms with Crippen molar-refractivity contribution >= 4 is 5.97 Å². The van der Waals surface area contributed by atoms with Gasteiger partial charge >= 0.3 is 5.97 Å². The number of esters is 1. The van der Waals surface area contributed by atoms with Crippen molar-refractivity contribution in [2.45, 2.75) is 33.2 Å². The summed E-state index contributed by atoms with van der Waals surface area (Å²) in [5.41, 5.74) is 2.36. The first-order valence-corrected chi connectivity index (χ1v) is 10.00. The molecular weight excluding hydrogens is 372 g/mol. The third kappa shape index (κ3) is 4.22. The fraction of sp³-hybridized carbons (Fsp3) is 0.429. The second kappa shape index (κ2) is 8.57. The van der Waals surface area contributed by atoms with E-state index in [1.165, 1.54) is 4.90 Å². The van der Waals surface area contributed by atoms with E-state index in [-0.39, 0.29) is 11.9 Å². The number of ether oxygens (including phenoxy) is 1. The molecule has 1 aromatic carbocycles. The summed E-state index contributed by atoms with van der Waals surface area (Å²) in [5, 5.41) is 12.6. The molecule has 1 N–H and O–H groups in total. The van der Waals surface area contributed by atoms with Crippen LogP contribution >= 0.6 is 0 Å². The Labute approximate surface area is 168 Å². The lowest BCUT2D eigenvalue weighted by Crippen LogP contribution is -3.11. The highest BCUT2D eigenvalue weighted by atomic mass is 16.5. The maximum atomic E-state index is 11.9. The molecule has 3 aromatic rings. The Bertz CT molecular complexity index is 958. The number of carbonyl (C=O) groups excluding carboxylic acids is 1. The van der Waals surface area contributed by atoms with Crippen molar-refractivity contribution in [3.8, 4) is 22.7 Å². The zero-order valence-electron chi connectivity index (χ0n) is 16.7. The van der Waals surface area contributed by atoms with Crippen LogP contribution in [0.1, 0.15) is 31.4 Å². The largest absolute Gasteiger partial charge is 0.466 e. The molecule has 1 saturated heterocycles. The van der Waals surface area contributed by atoms with E-state index in [4.69, 9.17) is 13.7 Å². The van der Waals surface area contributed by atoms with E-state index in [2.05, 4.69) is 15.4 Å². The second-order valence-electron chi connectivity index (χ2n) is 7.28. The van der Waals surface area contributed by atoms with Gasteiger partial charge in [0.05, 0.1) is 25.6 Å². The van der Waals surface area contributed by atoms with Crippen LogP contribution < -0.4 is 4.90 Å². The maximum Gasteiger partial charge on any atom is 0.309 e. The molecule has 29 heavy (non-hydrogen) atoms. The average Bonchev–Trinajstić information content (AvgIpc) is 3.35. The van der Waals surface area contributed by atoms with E-state index >= 15 is 0 Å². The van der Waals surface area contributed by atoms with Crippen LogP contribution in [0.5, 0.6) is 0 Å². The van der Waals surface area contributed by atoms with E-state index in [0.29, 0.717) is 36.4 Å². The van der Waals surface area contributed by atoms with Gasteiger partial charge in [-0.3, -0.25) is 4.79 Å². The molecule has 0 saturated carbocycles. The van der Waals surface area contributed by atoms with E-state index in [9.17, 15) is 4.79 Å². The number of hydrogen-bond donors (Lipinski definition) is 1. The van der Waals surface area contributed by atoms with E-state index in [1.54, 1.807) is 0 Å². The number of aryl methyl sites for hydroxylation is 1. The summed E-state index contributed by atoms with van der Waals surface area (Å²) in [4.78, 5) is 13.2. The Morgan fingerprint density at radius 1 is 1.21 bits per heavy atom. The van der Waals surface area contributed by atoms with Crippen molar-refractivity contribution in [3.05, 3.63) is 42.0 Å². The number of hydrogen-bond acceptors (Lipinski definition) is 7. The van der Waals surface area contributed by atoms with Crippen LogP contribution in [0, 0.1) is 12.8 Å². The Morgan fingerprint density at radius 3 is 2.69 bits per heavy atom. The van der Waals surface area contributed by atoms with Gasteiger partial charge in [0, 0.05) is 18.4 Å². The van der Waals surface area contributed by atoms with Gasteiger partial charge in [0.25, 0.3) is 11.8 Å². The first-order valence-electron chi connectivity index (χ1n) is 10.00. The number of aromatic nitrogens is 3. The maximum absolute atomic E-state index is 11.9. The minimum atomic E-state index is -0.0806. The summed E-state index contributed by atoms with van der Waals surface area (Å²) in [7, 11) is 0. The van der Waals surface area contributed by atoms with Crippen molar-refractivity contribution in [1.82, 2.24) is 15.4 Å². The van der Waals surface area contributed by atoms with Gasteiger partial charge < -0.3 is 18.6 Å². The number of nitrogens with zero attached hydrogens (tertiary/aromatic N) is 3. The highest BCUT2D eigenvalue weighted by molar-refractivity contribution is 5.77. The Kier molecular flexibility index (Phi) is 5.71. The van der Waals surface area contributed by atoms with Crippen molar-refractivity contribution in [2.24, 2.45) is 5.92 Å². The number of carbonyl (C=O) groups is 1. The van der Waals surface area contributed by atoms with E-state index in [0.717, 1.165) is 37.1 Å². The van der Waals surface area contributed by atoms with Crippen molar-refractivity contribution in [1.29, 1.82) is 0 Å². The molecule has 0 unspecified atom stereocenters. The van der Waals surface area contributed by atoms with Crippen molar-refractivity contribution < 1.29 is 23.4 Å². The molecule has 1 aliphatic rings. The van der Waals surface area contributed by atoms with Crippen molar-refractivity contribution in [3.63, 3.8) is 0 Å². The van der Waals surface area contributed by atoms with Crippen molar-refractivity contribution in [2.75, 3.05) is 19.7 Å². The van der Waals surface area contributed by atoms with Crippen LogP contribution in [-0.2, 0) is 16.1 Å². The smallest absolute Gasteiger partial charge is 0.309 e. The molecule has 8 heteroatoms. The normalized spacial score (nSPS) is 19.2. The molecule has 4 rings (SSSR count). The third-order valence-corrected chi connectivity index (χ3v) is 5.30. The van der Waals surface area contributed by atoms with Gasteiger partial charge in [0.1, 0.15) is 17.0 Å². The Hall–Kier alpha value is -3.00. The lowest BCUT2D eigenvalue weighted by atomic mass is 9.97. The molecule has 0 atom stereocenters. The number of piperidine rings is 1. The molecule has 152 valence electrons. The third-order valence-electron chi connectivity index (χ3n) is 5.30. The number of likely N-dealkylation sites (tertiary alicyclic amines) is 1. The number of nitrogens with one attached hydrogen (secondary N) is 1. The Balaban J connectivity index is 1.44. The van der Waals surface area contributed by atoms with Gasteiger partial charge in [-0.1, -0.05) is 35.5 Å². The Morgan fingerprint density at radius 2 is 1.97 bits per heavy atom. The molecule has 0 amide bonds. The highest BCUT2D eigenvalue weighted by Gasteiger charge is 2.30. The van der Waals surface area contributed by atoms with Crippen LogP contribution in [0.2, 0.25) is 0 Å².